The zero-order chi connectivity index (χ0) is 8.43. The highest BCUT2D eigenvalue weighted by atomic mass is 19.1. The first kappa shape index (κ1) is 7.65. The van der Waals surface area contributed by atoms with E-state index in [4.69, 9.17) is 5.73 Å². The highest BCUT2D eigenvalue weighted by molar-refractivity contribution is 5.93. The first-order valence-electron chi connectivity index (χ1n) is 2.86. The van der Waals surface area contributed by atoms with Crippen LogP contribution in [0, 0.1) is 11.6 Å². The van der Waals surface area contributed by atoms with Crippen LogP contribution in [0.25, 0.3) is 0 Å². The largest absolute Gasteiger partial charge is 0.365 e. The molecule has 2 N–H and O–H groups in total. The number of halogens is 2. The van der Waals surface area contributed by atoms with E-state index in [-0.39, 0.29) is 1.43 Å². The SMILES string of the molecule is NC(=O)c1c(F)cccc1F.[HH]. The van der Waals surface area contributed by atoms with Crippen LogP contribution in [0.1, 0.15) is 11.8 Å². The Morgan fingerprint density at radius 2 is 1.82 bits per heavy atom. The summed E-state index contributed by atoms with van der Waals surface area (Å²) in [6.45, 7) is 0. The summed E-state index contributed by atoms with van der Waals surface area (Å²) >= 11 is 0. The predicted octanol–water partition coefficient (Wildman–Crippen LogP) is 1.31. The van der Waals surface area contributed by atoms with Crippen molar-refractivity contribution in [1.29, 1.82) is 0 Å². The Morgan fingerprint density at radius 3 is 2.09 bits per heavy atom. The maximum atomic E-state index is 12.6. The molecule has 0 spiro atoms. The van der Waals surface area contributed by atoms with Crippen LogP contribution in [0.2, 0.25) is 0 Å². The number of nitrogens with two attached hydrogens (primary N) is 1. The van der Waals surface area contributed by atoms with Crippen LogP contribution in [0.5, 0.6) is 0 Å². The Labute approximate surface area is 63.1 Å². The molecule has 1 rings (SSSR count). The lowest BCUT2D eigenvalue weighted by atomic mass is 10.2. The smallest absolute Gasteiger partial charge is 0.254 e. The molecule has 0 radical (unpaired) electrons. The van der Waals surface area contributed by atoms with Crippen molar-refractivity contribution in [2.45, 2.75) is 0 Å². The van der Waals surface area contributed by atoms with E-state index in [1.165, 1.54) is 0 Å². The number of rotatable bonds is 1. The maximum absolute atomic E-state index is 12.6. The van der Waals surface area contributed by atoms with Gasteiger partial charge in [0.05, 0.1) is 0 Å². The molecule has 0 saturated heterocycles. The summed E-state index contributed by atoms with van der Waals surface area (Å²) < 4.78 is 25.1. The van der Waals surface area contributed by atoms with Gasteiger partial charge >= 0.3 is 0 Å². The van der Waals surface area contributed by atoms with Gasteiger partial charge in [0, 0.05) is 1.43 Å². The molecule has 0 aromatic heterocycles. The number of primary amides is 1. The Kier molecular flexibility index (Phi) is 1.85. The average Bonchev–Trinajstić information content (AvgIpc) is 1.85. The molecule has 0 aliphatic carbocycles. The summed E-state index contributed by atoms with van der Waals surface area (Å²) in [7, 11) is 0. The zero-order valence-corrected chi connectivity index (χ0v) is 5.47. The Bertz CT molecular complexity index is 283. The number of amides is 1. The average molecular weight is 159 g/mol. The third-order valence-electron chi connectivity index (χ3n) is 1.21. The molecule has 1 aromatic rings. The molecule has 2 nitrogen and oxygen atoms in total. The molecule has 0 aliphatic heterocycles. The van der Waals surface area contributed by atoms with Gasteiger partial charge < -0.3 is 5.73 Å². The van der Waals surface area contributed by atoms with Gasteiger partial charge in [-0.3, -0.25) is 4.79 Å². The first-order chi connectivity index (χ1) is 5.13. The number of hydrogen-bond acceptors (Lipinski definition) is 1. The molecule has 0 aliphatic rings. The molecule has 1 amide bonds. The second-order valence-corrected chi connectivity index (χ2v) is 1.96. The molecular formula is C7H7F2NO. The predicted molar refractivity (Wildman–Crippen MR) is 37.0 cm³/mol. The summed E-state index contributed by atoms with van der Waals surface area (Å²) in [5.74, 6) is -2.96. The maximum Gasteiger partial charge on any atom is 0.254 e. The van der Waals surface area contributed by atoms with E-state index in [1.807, 2.05) is 0 Å². The lowest BCUT2D eigenvalue weighted by molar-refractivity contribution is 0.0992. The number of hydrogen-bond donors (Lipinski definition) is 1. The van der Waals surface area contributed by atoms with Crippen molar-refractivity contribution in [2.75, 3.05) is 0 Å². The van der Waals surface area contributed by atoms with Crippen LogP contribution < -0.4 is 5.73 Å². The third-order valence-corrected chi connectivity index (χ3v) is 1.21. The molecule has 60 valence electrons. The van der Waals surface area contributed by atoms with E-state index in [0.29, 0.717) is 0 Å². The van der Waals surface area contributed by atoms with E-state index in [9.17, 15) is 13.6 Å². The molecule has 4 heteroatoms. The number of carbonyl (C=O) groups is 1. The molecular weight excluding hydrogens is 152 g/mol. The van der Waals surface area contributed by atoms with Crippen LogP contribution in [0.4, 0.5) is 8.78 Å². The quantitative estimate of drug-likeness (QED) is 0.659. The van der Waals surface area contributed by atoms with Crippen molar-refractivity contribution in [3.05, 3.63) is 35.4 Å². The Hall–Kier alpha value is -1.45. The number of benzene rings is 1. The van der Waals surface area contributed by atoms with Crippen LogP contribution in [0.3, 0.4) is 0 Å². The lowest BCUT2D eigenvalue weighted by Gasteiger charge is -1.97. The number of carbonyl (C=O) groups excluding carboxylic acids is 1. The minimum absolute atomic E-state index is 0. The molecule has 11 heavy (non-hydrogen) atoms. The minimum atomic E-state index is -1.10. The minimum Gasteiger partial charge on any atom is -0.365 e. The highest BCUT2D eigenvalue weighted by Crippen LogP contribution is 2.10. The van der Waals surface area contributed by atoms with Gasteiger partial charge in [-0.05, 0) is 12.1 Å². The monoisotopic (exact) mass is 159 g/mol. The van der Waals surface area contributed by atoms with Gasteiger partial charge in [-0.15, -0.1) is 0 Å². The fraction of sp³-hybridized carbons (Fsp3) is 0. The third kappa shape index (κ3) is 1.34. The molecule has 0 bridgehead atoms. The van der Waals surface area contributed by atoms with E-state index < -0.39 is 23.1 Å². The van der Waals surface area contributed by atoms with Crippen molar-refractivity contribution in [3.8, 4) is 0 Å². The summed E-state index contributed by atoms with van der Waals surface area (Å²) in [4.78, 5) is 10.4. The summed E-state index contributed by atoms with van der Waals surface area (Å²) in [5.41, 5.74) is 4.01. The fourth-order valence-electron chi connectivity index (χ4n) is 0.733. The Morgan fingerprint density at radius 1 is 1.36 bits per heavy atom. The van der Waals surface area contributed by atoms with Crippen molar-refractivity contribution >= 4 is 5.91 Å². The van der Waals surface area contributed by atoms with E-state index in [1.54, 1.807) is 0 Å². The van der Waals surface area contributed by atoms with Gasteiger partial charge in [-0.1, -0.05) is 6.07 Å². The van der Waals surface area contributed by atoms with Crippen LogP contribution >= 0.6 is 0 Å². The summed E-state index contributed by atoms with van der Waals surface area (Å²) in [6, 6.07) is 3.11. The van der Waals surface area contributed by atoms with Crippen LogP contribution in [-0.2, 0) is 0 Å². The van der Waals surface area contributed by atoms with Gasteiger partial charge in [-0.2, -0.15) is 0 Å². The van der Waals surface area contributed by atoms with E-state index >= 15 is 0 Å². The van der Waals surface area contributed by atoms with Crippen LogP contribution in [-0.4, -0.2) is 5.91 Å². The zero-order valence-electron chi connectivity index (χ0n) is 5.47. The molecule has 0 saturated carbocycles. The molecule has 0 heterocycles. The molecule has 1 aromatic carbocycles. The van der Waals surface area contributed by atoms with Crippen molar-refractivity contribution in [1.82, 2.24) is 0 Å². The van der Waals surface area contributed by atoms with Gasteiger partial charge in [0.25, 0.3) is 5.91 Å². The van der Waals surface area contributed by atoms with E-state index in [2.05, 4.69) is 0 Å². The normalized spacial score (nSPS) is 9.64. The standard InChI is InChI=1S/C7H5F2NO.H2/c8-4-2-1-3-5(9)6(4)7(10)11;/h1-3H,(H2,10,11);1H. The lowest BCUT2D eigenvalue weighted by Crippen LogP contribution is -2.15. The molecule has 0 unspecified atom stereocenters. The topological polar surface area (TPSA) is 43.1 Å². The van der Waals surface area contributed by atoms with Crippen molar-refractivity contribution in [2.24, 2.45) is 5.73 Å². The van der Waals surface area contributed by atoms with Gasteiger partial charge in [0.15, 0.2) is 0 Å². The molecule has 0 atom stereocenters. The second-order valence-electron chi connectivity index (χ2n) is 1.96. The summed E-state index contributed by atoms with van der Waals surface area (Å²) in [6.07, 6.45) is 0. The van der Waals surface area contributed by atoms with Crippen LogP contribution in [0.15, 0.2) is 18.2 Å². The fourth-order valence-corrected chi connectivity index (χ4v) is 0.733. The van der Waals surface area contributed by atoms with E-state index in [0.717, 1.165) is 18.2 Å². The van der Waals surface area contributed by atoms with Gasteiger partial charge in [-0.25, -0.2) is 8.78 Å². The van der Waals surface area contributed by atoms with Crippen molar-refractivity contribution < 1.29 is 15.0 Å². The van der Waals surface area contributed by atoms with Gasteiger partial charge in [0.2, 0.25) is 0 Å². The van der Waals surface area contributed by atoms with Gasteiger partial charge in [0.1, 0.15) is 17.2 Å². The second kappa shape index (κ2) is 2.65. The molecule has 0 fully saturated rings. The summed E-state index contributed by atoms with van der Waals surface area (Å²) in [5, 5.41) is 0. The van der Waals surface area contributed by atoms with Crippen molar-refractivity contribution in [3.63, 3.8) is 0 Å². The Balaban J connectivity index is 0.00000121. The highest BCUT2D eigenvalue weighted by Gasteiger charge is 2.12. The first-order valence-corrected chi connectivity index (χ1v) is 2.86.